The van der Waals surface area contributed by atoms with Gasteiger partial charge in [0.2, 0.25) is 0 Å². The quantitative estimate of drug-likeness (QED) is 0.508. The third kappa shape index (κ3) is 5.00. The molecule has 0 saturated heterocycles. The molecule has 2 rings (SSSR count). The first kappa shape index (κ1) is 17.4. The first-order valence-corrected chi connectivity index (χ1v) is 8.18. The highest BCUT2D eigenvalue weighted by molar-refractivity contribution is 14.1. The van der Waals surface area contributed by atoms with Gasteiger partial charge in [0, 0.05) is 27.4 Å². The lowest BCUT2D eigenvalue weighted by Crippen LogP contribution is -2.34. The van der Waals surface area contributed by atoms with E-state index >= 15 is 0 Å². The van der Waals surface area contributed by atoms with Crippen molar-refractivity contribution in [2.45, 2.75) is 0 Å². The molecule has 0 spiro atoms. The zero-order valence-electron chi connectivity index (χ0n) is 12.2. The van der Waals surface area contributed by atoms with E-state index in [2.05, 4.69) is 38.5 Å². The molecule has 118 valence electrons. The second-order valence-corrected chi connectivity index (χ2v) is 6.23. The van der Waals surface area contributed by atoms with E-state index in [4.69, 9.17) is 12.2 Å². The van der Waals surface area contributed by atoms with E-state index in [1.54, 1.807) is 43.4 Å². The standard InChI is InChI=1S/C16H14IN3O2S/c1-18-14(21)10-5-7-13(8-6-10)19-16(23)20-15(22)11-3-2-4-12(17)9-11/h2-9H,1H3,(H,18,21)(H2,19,20,22,23). The van der Waals surface area contributed by atoms with Crippen molar-refractivity contribution < 1.29 is 9.59 Å². The van der Waals surface area contributed by atoms with Crippen molar-refractivity contribution in [2.75, 3.05) is 12.4 Å². The van der Waals surface area contributed by atoms with Crippen molar-refractivity contribution in [3.8, 4) is 0 Å². The van der Waals surface area contributed by atoms with Crippen molar-refractivity contribution in [1.82, 2.24) is 10.6 Å². The Morgan fingerprint density at radius 2 is 1.70 bits per heavy atom. The topological polar surface area (TPSA) is 70.2 Å². The van der Waals surface area contributed by atoms with Gasteiger partial charge in [0.25, 0.3) is 11.8 Å². The van der Waals surface area contributed by atoms with Crippen molar-refractivity contribution in [3.05, 3.63) is 63.2 Å². The third-order valence-electron chi connectivity index (χ3n) is 2.95. The minimum Gasteiger partial charge on any atom is -0.355 e. The molecule has 23 heavy (non-hydrogen) atoms. The van der Waals surface area contributed by atoms with Crippen LogP contribution >= 0.6 is 34.8 Å². The molecule has 2 aromatic carbocycles. The first-order valence-electron chi connectivity index (χ1n) is 6.69. The van der Waals surface area contributed by atoms with Crippen LogP contribution in [0.25, 0.3) is 0 Å². The molecule has 7 heteroatoms. The molecular formula is C16H14IN3O2S. The summed E-state index contributed by atoms with van der Waals surface area (Å²) in [6, 6.07) is 14.0. The summed E-state index contributed by atoms with van der Waals surface area (Å²) in [5.41, 5.74) is 1.77. The number of nitrogens with one attached hydrogen (secondary N) is 3. The molecule has 0 aliphatic carbocycles. The summed E-state index contributed by atoms with van der Waals surface area (Å²) < 4.78 is 0.971. The molecule has 0 atom stereocenters. The van der Waals surface area contributed by atoms with Gasteiger partial charge in [0.1, 0.15) is 0 Å². The van der Waals surface area contributed by atoms with Crippen LogP contribution in [0.1, 0.15) is 20.7 Å². The maximum Gasteiger partial charge on any atom is 0.257 e. The Hall–Kier alpha value is -2.00. The van der Waals surface area contributed by atoms with Gasteiger partial charge in [-0.2, -0.15) is 0 Å². The van der Waals surface area contributed by atoms with Gasteiger partial charge in [-0.15, -0.1) is 0 Å². The smallest absolute Gasteiger partial charge is 0.257 e. The molecule has 0 fully saturated rings. The molecule has 0 saturated carbocycles. The summed E-state index contributed by atoms with van der Waals surface area (Å²) in [6.45, 7) is 0. The minimum absolute atomic E-state index is 0.161. The zero-order valence-corrected chi connectivity index (χ0v) is 15.2. The van der Waals surface area contributed by atoms with Crippen molar-refractivity contribution in [3.63, 3.8) is 0 Å². The molecule has 0 bridgehead atoms. The number of hydrogen-bond acceptors (Lipinski definition) is 3. The zero-order chi connectivity index (χ0) is 16.8. The second kappa shape index (κ2) is 8.02. The monoisotopic (exact) mass is 439 g/mol. The first-order chi connectivity index (χ1) is 11.0. The fourth-order valence-electron chi connectivity index (χ4n) is 1.82. The molecule has 0 heterocycles. The van der Waals surface area contributed by atoms with Gasteiger partial charge in [-0.1, -0.05) is 6.07 Å². The van der Waals surface area contributed by atoms with Crippen LogP contribution < -0.4 is 16.0 Å². The number of carbonyl (C=O) groups excluding carboxylic acids is 2. The highest BCUT2D eigenvalue weighted by Gasteiger charge is 2.08. The molecule has 0 aliphatic heterocycles. The van der Waals surface area contributed by atoms with Gasteiger partial charge in [-0.25, -0.2) is 0 Å². The van der Waals surface area contributed by atoms with Gasteiger partial charge in [-0.05, 0) is 77.3 Å². The third-order valence-corrected chi connectivity index (χ3v) is 3.82. The van der Waals surface area contributed by atoms with Gasteiger partial charge in [0.05, 0.1) is 0 Å². The summed E-state index contributed by atoms with van der Waals surface area (Å²) in [5.74, 6) is -0.436. The number of rotatable bonds is 3. The summed E-state index contributed by atoms with van der Waals surface area (Å²) in [6.07, 6.45) is 0. The predicted molar refractivity (Wildman–Crippen MR) is 103 cm³/mol. The lowest BCUT2D eigenvalue weighted by molar-refractivity contribution is 0.0959. The number of thiocarbonyl (C=S) groups is 1. The highest BCUT2D eigenvalue weighted by atomic mass is 127. The normalized spacial score (nSPS) is 9.83. The average Bonchev–Trinajstić information content (AvgIpc) is 2.54. The molecule has 0 aromatic heterocycles. The van der Waals surface area contributed by atoms with Crippen LogP contribution in [0.4, 0.5) is 5.69 Å². The van der Waals surface area contributed by atoms with Crippen molar-refractivity contribution in [2.24, 2.45) is 0 Å². The predicted octanol–water partition coefficient (Wildman–Crippen LogP) is 2.78. The lowest BCUT2D eigenvalue weighted by Gasteiger charge is -2.10. The van der Waals surface area contributed by atoms with Crippen LogP contribution in [0.2, 0.25) is 0 Å². The number of halogens is 1. The number of hydrogen-bond donors (Lipinski definition) is 3. The molecule has 0 unspecified atom stereocenters. The minimum atomic E-state index is -0.275. The molecule has 2 amide bonds. The Labute approximate surface area is 153 Å². The molecule has 0 radical (unpaired) electrons. The summed E-state index contributed by atoms with van der Waals surface area (Å²) in [7, 11) is 1.57. The summed E-state index contributed by atoms with van der Waals surface area (Å²) in [4.78, 5) is 23.5. The fourth-order valence-corrected chi connectivity index (χ4v) is 2.57. The summed E-state index contributed by atoms with van der Waals surface area (Å²) in [5, 5.41) is 8.27. The van der Waals surface area contributed by atoms with Crippen LogP contribution in [0.5, 0.6) is 0 Å². The van der Waals surface area contributed by atoms with Crippen LogP contribution in [0.3, 0.4) is 0 Å². The Morgan fingerprint density at radius 1 is 1.00 bits per heavy atom. The maximum absolute atomic E-state index is 12.1. The Balaban J connectivity index is 1.97. The van der Waals surface area contributed by atoms with Crippen LogP contribution in [-0.4, -0.2) is 24.0 Å². The molecule has 3 N–H and O–H groups in total. The van der Waals surface area contributed by atoms with Crippen LogP contribution in [-0.2, 0) is 0 Å². The average molecular weight is 439 g/mol. The van der Waals surface area contributed by atoms with Gasteiger partial charge in [0.15, 0.2) is 5.11 Å². The number of anilines is 1. The number of benzene rings is 2. The van der Waals surface area contributed by atoms with E-state index in [0.29, 0.717) is 16.8 Å². The van der Waals surface area contributed by atoms with Crippen molar-refractivity contribution >= 4 is 57.4 Å². The second-order valence-electron chi connectivity index (χ2n) is 4.58. The molecule has 5 nitrogen and oxygen atoms in total. The SMILES string of the molecule is CNC(=O)c1ccc(NC(=S)NC(=O)c2cccc(I)c2)cc1. The Bertz CT molecular complexity index is 747. The van der Waals surface area contributed by atoms with E-state index in [0.717, 1.165) is 3.57 Å². The molecule has 0 aliphatic rings. The van der Waals surface area contributed by atoms with E-state index in [1.807, 2.05) is 12.1 Å². The van der Waals surface area contributed by atoms with E-state index < -0.39 is 0 Å². The largest absolute Gasteiger partial charge is 0.355 e. The Morgan fingerprint density at radius 3 is 2.30 bits per heavy atom. The van der Waals surface area contributed by atoms with Crippen LogP contribution in [0.15, 0.2) is 48.5 Å². The van der Waals surface area contributed by atoms with Crippen LogP contribution in [0, 0.1) is 3.57 Å². The van der Waals surface area contributed by atoms with E-state index in [-0.39, 0.29) is 16.9 Å². The molecular weight excluding hydrogens is 425 g/mol. The fraction of sp³-hybridized carbons (Fsp3) is 0.0625. The number of amides is 2. The van der Waals surface area contributed by atoms with Gasteiger partial charge < -0.3 is 10.6 Å². The van der Waals surface area contributed by atoms with E-state index in [1.165, 1.54) is 0 Å². The van der Waals surface area contributed by atoms with Gasteiger partial charge >= 0.3 is 0 Å². The number of carbonyl (C=O) groups is 2. The lowest BCUT2D eigenvalue weighted by atomic mass is 10.2. The van der Waals surface area contributed by atoms with Crippen molar-refractivity contribution in [1.29, 1.82) is 0 Å². The van der Waals surface area contributed by atoms with E-state index in [9.17, 15) is 9.59 Å². The highest BCUT2D eigenvalue weighted by Crippen LogP contribution is 2.10. The van der Waals surface area contributed by atoms with Gasteiger partial charge in [-0.3, -0.25) is 14.9 Å². The maximum atomic E-state index is 12.1. The Kier molecular flexibility index (Phi) is 6.05. The summed E-state index contributed by atoms with van der Waals surface area (Å²) >= 11 is 7.27. The molecule has 2 aromatic rings.